The van der Waals surface area contributed by atoms with Gasteiger partial charge in [-0.05, 0) is 37.3 Å². The van der Waals surface area contributed by atoms with Crippen molar-refractivity contribution in [3.05, 3.63) is 35.4 Å². The predicted octanol–water partition coefficient (Wildman–Crippen LogP) is 2.34. The van der Waals surface area contributed by atoms with Gasteiger partial charge < -0.3 is 5.11 Å². The Labute approximate surface area is 97.9 Å². The summed E-state index contributed by atoms with van der Waals surface area (Å²) < 4.78 is 0. The molecule has 1 aromatic rings. The van der Waals surface area contributed by atoms with Crippen LogP contribution >= 0.6 is 0 Å². The maximum absolute atomic E-state index is 8.91. The van der Waals surface area contributed by atoms with Crippen molar-refractivity contribution in [2.24, 2.45) is 0 Å². The van der Waals surface area contributed by atoms with E-state index in [9.17, 15) is 0 Å². The van der Waals surface area contributed by atoms with E-state index >= 15 is 0 Å². The van der Waals surface area contributed by atoms with Crippen molar-refractivity contribution in [3.63, 3.8) is 0 Å². The smallest absolute Gasteiger partial charge is 0.0443 e. The van der Waals surface area contributed by atoms with Crippen LogP contribution in [-0.2, 0) is 6.54 Å². The first kappa shape index (κ1) is 11.6. The molecule has 1 N–H and O–H groups in total. The van der Waals surface area contributed by atoms with Crippen LogP contribution in [0.15, 0.2) is 24.3 Å². The molecule has 0 bridgehead atoms. The minimum absolute atomic E-state index is 0.303. The molecule has 16 heavy (non-hydrogen) atoms. The lowest BCUT2D eigenvalue weighted by atomic mass is 10.1. The molecular weight excluding hydrogens is 198 g/mol. The molecule has 0 radical (unpaired) electrons. The number of aliphatic hydroxyl groups is 1. The highest BCUT2D eigenvalue weighted by atomic mass is 16.3. The van der Waals surface area contributed by atoms with Crippen molar-refractivity contribution >= 4 is 0 Å². The number of aliphatic hydroxyl groups excluding tert-OH is 1. The molecule has 0 saturated heterocycles. The molecule has 0 atom stereocenters. The standard InChI is InChI=1S/C14H21NO/c1-12-5-2-3-6-13(12)11-15(9-4-10-16)14-7-8-14/h2-3,5-6,14,16H,4,7-11H2,1H3. The van der Waals surface area contributed by atoms with Gasteiger partial charge in [0.15, 0.2) is 0 Å². The Morgan fingerprint density at radius 2 is 2.06 bits per heavy atom. The minimum atomic E-state index is 0.303. The molecule has 1 aromatic carbocycles. The fourth-order valence-electron chi connectivity index (χ4n) is 2.11. The second-order valence-electron chi connectivity index (χ2n) is 4.71. The first-order valence-electron chi connectivity index (χ1n) is 6.20. The van der Waals surface area contributed by atoms with Gasteiger partial charge in [-0.3, -0.25) is 4.90 Å². The topological polar surface area (TPSA) is 23.5 Å². The van der Waals surface area contributed by atoms with Crippen LogP contribution in [0.2, 0.25) is 0 Å². The molecule has 0 amide bonds. The van der Waals surface area contributed by atoms with E-state index in [1.54, 1.807) is 0 Å². The Morgan fingerprint density at radius 3 is 2.69 bits per heavy atom. The van der Waals surface area contributed by atoms with Crippen molar-refractivity contribution in [2.75, 3.05) is 13.2 Å². The predicted molar refractivity (Wildman–Crippen MR) is 66.3 cm³/mol. The Bertz CT molecular complexity index is 333. The molecule has 1 fully saturated rings. The van der Waals surface area contributed by atoms with Gasteiger partial charge in [0.05, 0.1) is 0 Å². The average molecular weight is 219 g/mol. The Morgan fingerprint density at radius 1 is 1.31 bits per heavy atom. The molecule has 1 aliphatic rings. The summed E-state index contributed by atoms with van der Waals surface area (Å²) >= 11 is 0. The maximum Gasteiger partial charge on any atom is 0.0443 e. The SMILES string of the molecule is Cc1ccccc1CN(CCCO)C1CC1. The zero-order chi connectivity index (χ0) is 11.4. The van der Waals surface area contributed by atoms with Gasteiger partial charge in [0.1, 0.15) is 0 Å². The van der Waals surface area contributed by atoms with Crippen LogP contribution in [-0.4, -0.2) is 29.2 Å². The van der Waals surface area contributed by atoms with E-state index in [-0.39, 0.29) is 0 Å². The quantitative estimate of drug-likeness (QED) is 0.794. The largest absolute Gasteiger partial charge is 0.396 e. The van der Waals surface area contributed by atoms with E-state index in [2.05, 4.69) is 36.1 Å². The molecule has 0 spiro atoms. The van der Waals surface area contributed by atoms with Gasteiger partial charge in [0.25, 0.3) is 0 Å². The molecule has 88 valence electrons. The van der Waals surface area contributed by atoms with Crippen molar-refractivity contribution in [2.45, 2.75) is 38.8 Å². The van der Waals surface area contributed by atoms with E-state index < -0.39 is 0 Å². The van der Waals surface area contributed by atoms with E-state index in [1.165, 1.54) is 24.0 Å². The van der Waals surface area contributed by atoms with Crippen molar-refractivity contribution < 1.29 is 5.11 Å². The molecule has 0 unspecified atom stereocenters. The van der Waals surface area contributed by atoms with Crippen molar-refractivity contribution in [1.29, 1.82) is 0 Å². The summed E-state index contributed by atoms with van der Waals surface area (Å²) in [6.07, 6.45) is 3.55. The lowest BCUT2D eigenvalue weighted by molar-refractivity contribution is 0.211. The third-order valence-corrected chi connectivity index (χ3v) is 3.30. The normalized spacial score (nSPS) is 15.7. The monoisotopic (exact) mass is 219 g/mol. The van der Waals surface area contributed by atoms with Crippen LogP contribution in [0.3, 0.4) is 0 Å². The lowest BCUT2D eigenvalue weighted by Crippen LogP contribution is -2.27. The van der Waals surface area contributed by atoms with Gasteiger partial charge in [-0.15, -0.1) is 0 Å². The van der Waals surface area contributed by atoms with Crippen molar-refractivity contribution in [1.82, 2.24) is 4.90 Å². The van der Waals surface area contributed by atoms with Gasteiger partial charge in [0.2, 0.25) is 0 Å². The number of nitrogens with zero attached hydrogens (tertiary/aromatic N) is 1. The number of hydrogen-bond acceptors (Lipinski definition) is 2. The number of aryl methyl sites for hydroxylation is 1. The highest BCUT2D eigenvalue weighted by molar-refractivity contribution is 5.25. The summed E-state index contributed by atoms with van der Waals surface area (Å²) in [5.74, 6) is 0. The Kier molecular flexibility index (Phi) is 3.97. The van der Waals surface area contributed by atoms with Gasteiger partial charge >= 0.3 is 0 Å². The average Bonchev–Trinajstić information content (AvgIpc) is 3.10. The van der Waals surface area contributed by atoms with Crippen LogP contribution in [0.25, 0.3) is 0 Å². The molecule has 1 aliphatic carbocycles. The first-order valence-corrected chi connectivity index (χ1v) is 6.20. The third-order valence-electron chi connectivity index (χ3n) is 3.30. The fraction of sp³-hybridized carbons (Fsp3) is 0.571. The number of rotatable bonds is 6. The second kappa shape index (κ2) is 5.46. The fourth-order valence-corrected chi connectivity index (χ4v) is 2.11. The van der Waals surface area contributed by atoms with Crippen molar-refractivity contribution in [3.8, 4) is 0 Å². The molecular formula is C14H21NO. The van der Waals surface area contributed by atoms with Crippen LogP contribution in [0.5, 0.6) is 0 Å². The molecule has 2 rings (SSSR count). The number of benzene rings is 1. The summed E-state index contributed by atoms with van der Waals surface area (Å²) in [5, 5.41) is 8.91. The van der Waals surface area contributed by atoms with E-state index in [0.717, 1.165) is 25.6 Å². The van der Waals surface area contributed by atoms with Gasteiger partial charge in [0, 0.05) is 25.7 Å². The summed E-state index contributed by atoms with van der Waals surface area (Å²) in [4.78, 5) is 2.51. The van der Waals surface area contributed by atoms with E-state index in [4.69, 9.17) is 5.11 Å². The maximum atomic E-state index is 8.91. The lowest BCUT2D eigenvalue weighted by Gasteiger charge is -2.22. The molecule has 1 saturated carbocycles. The van der Waals surface area contributed by atoms with Crippen LogP contribution in [0, 0.1) is 6.92 Å². The molecule has 0 aromatic heterocycles. The third kappa shape index (κ3) is 3.06. The molecule has 2 nitrogen and oxygen atoms in total. The summed E-state index contributed by atoms with van der Waals surface area (Å²) in [5.41, 5.74) is 2.80. The van der Waals surface area contributed by atoms with Gasteiger partial charge in [-0.25, -0.2) is 0 Å². The highest BCUT2D eigenvalue weighted by Crippen LogP contribution is 2.28. The summed E-state index contributed by atoms with van der Waals surface area (Å²) in [6.45, 7) is 4.54. The zero-order valence-corrected chi connectivity index (χ0v) is 10.0. The Balaban J connectivity index is 1.97. The van der Waals surface area contributed by atoms with Crippen LogP contribution in [0.1, 0.15) is 30.4 Å². The van der Waals surface area contributed by atoms with E-state index in [1.807, 2.05) is 0 Å². The first-order chi connectivity index (χ1) is 7.81. The summed E-state index contributed by atoms with van der Waals surface area (Å²) in [7, 11) is 0. The van der Waals surface area contributed by atoms with E-state index in [0.29, 0.717) is 6.61 Å². The number of hydrogen-bond donors (Lipinski definition) is 1. The minimum Gasteiger partial charge on any atom is -0.396 e. The molecule has 0 heterocycles. The zero-order valence-electron chi connectivity index (χ0n) is 10.0. The Hall–Kier alpha value is -0.860. The highest BCUT2D eigenvalue weighted by Gasteiger charge is 2.28. The molecule has 0 aliphatic heterocycles. The van der Waals surface area contributed by atoms with Gasteiger partial charge in [-0.2, -0.15) is 0 Å². The molecule has 2 heteroatoms. The van der Waals surface area contributed by atoms with Crippen LogP contribution in [0.4, 0.5) is 0 Å². The van der Waals surface area contributed by atoms with Gasteiger partial charge in [-0.1, -0.05) is 24.3 Å². The summed E-state index contributed by atoms with van der Waals surface area (Å²) in [6, 6.07) is 9.36. The second-order valence-corrected chi connectivity index (χ2v) is 4.71. The van der Waals surface area contributed by atoms with Crippen LogP contribution < -0.4 is 0 Å².